The third-order valence-electron chi connectivity index (χ3n) is 3.69. The maximum atomic E-state index is 12.0. The van der Waals surface area contributed by atoms with Crippen LogP contribution in [0.2, 0.25) is 0 Å². The number of nitrogens with zero attached hydrogens (tertiary/aromatic N) is 1. The number of rotatable bonds is 8. The van der Waals surface area contributed by atoms with Gasteiger partial charge in [-0.3, -0.25) is 9.59 Å². The van der Waals surface area contributed by atoms with Crippen molar-refractivity contribution in [2.45, 2.75) is 58.2 Å². The van der Waals surface area contributed by atoms with E-state index < -0.39 is 18.1 Å². The van der Waals surface area contributed by atoms with Crippen LogP contribution in [0, 0.1) is 5.92 Å². The Morgan fingerprint density at radius 3 is 2.50 bits per heavy atom. The summed E-state index contributed by atoms with van der Waals surface area (Å²) < 4.78 is 0. The minimum Gasteiger partial charge on any atom is -0.391 e. The van der Waals surface area contributed by atoms with Crippen LogP contribution >= 0.6 is 0 Å². The van der Waals surface area contributed by atoms with Gasteiger partial charge in [-0.15, -0.1) is 0 Å². The first kappa shape index (κ1) is 16.9. The van der Waals surface area contributed by atoms with Gasteiger partial charge in [0.05, 0.1) is 18.1 Å². The Morgan fingerprint density at radius 2 is 1.95 bits per heavy atom. The molecule has 0 aromatic heterocycles. The van der Waals surface area contributed by atoms with Crippen LogP contribution in [0.5, 0.6) is 0 Å². The molecule has 3 atom stereocenters. The smallest absolute Gasteiger partial charge is 0.236 e. The topological polar surface area (TPSA) is 77.8 Å². The SMILES string of the molecule is C[C@H](C(=O)CCCC[C@@H](O)[C@H](C)O)C(=O)N1C=CCC1. The normalized spacial score (nSPS) is 18.9. The van der Waals surface area contributed by atoms with Gasteiger partial charge in [-0.25, -0.2) is 0 Å². The molecule has 0 fully saturated rings. The summed E-state index contributed by atoms with van der Waals surface area (Å²) in [6.07, 6.45) is 5.16. The van der Waals surface area contributed by atoms with Crippen molar-refractivity contribution in [3.05, 3.63) is 12.3 Å². The lowest BCUT2D eigenvalue weighted by atomic mass is 9.98. The Labute approximate surface area is 120 Å². The number of unbranched alkanes of at least 4 members (excludes halogenated alkanes) is 1. The maximum absolute atomic E-state index is 12.0. The zero-order valence-electron chi connectivity index (χ0n) is 12.3. The lowest BCUT2D eigenvalue weighted by Crippen LogP contribution is -2.33. The first-order valence-electron chi connectivity index (χ1n) is 7.29. The molecule has 0 saturated heterocycles. The third-order valence-corrected chi connectivity index (χ3v) is 3.69. The molecule has 0 radical (unpaired) electrons. The van der Waals surface area contributed by atoms with Crippen LogP contribution in [-0.2, 0) is 9.59 Å². The first-order valence-corrected chi connectivity index (χ1v) is 7.29. The molecule has 5 heteroatoms. The zero-order valence-corrected chi connectivity index (χ0v) is 12.3. The molecule has 0 unspecified atom stereocenters. The predicted molar refractivity (Wildman–Crippen MR) is 75.8 cm³/mol. The molecular formula is C15H25NO4. The van der Waals surface area contributed by atoms with Crippen molar-refractivity contribution in [2.24, 2.45) is 5.92 Å². The molecule has 5 nitrogen and oxygen atoms in total. The van der Waals surface area contributed by atoms with E-state index in [1.165, 1.54) is 0 Å². The second-order valence-corrected chi connectivity index (χ2v) is 5.45. The van der Waals surface area contributed by atoms with Gasteiger partial charge in [-0.2, -0.15) is 0 Å². The number of carbonyl (C=O) groups is 2. The van der Waals surface area contributed by atoms with Crippen molar-refractivity contribution < 1.29 is 19.8 Å². The molecule has 2 N–H and O–H groups in total. The zero-order chi connectivity index (χ0) is 15.1. The van der Waals surface area contributed by atoms with Crippen LogP contribution in [-0.4, -0.2) is 45.6 Å². The molecule has 114 valence electrons. The molecule has 0 saturated carbocycles. The summed E-state index contributed by atoms with van der Waals surface area (Å²) in [5, 5.41) is 18.6. The minimum absolute atomic E-state index is 0.0539. The van der Waals surface area contributed by atoms with Gasteiger partial charge in [0.15, 0.2) is 0 Å². The summed E-state index contributed by atoms with van der Waals surface area (Å²) in [6, 6.07) is 0. The van der Waals surface area contributed by atoms with Crippen molar-refractivity contribution >= 4 is 11.7 Å². The Bertz CT molecular complexity index is 365. The summed E-state index contributed by atoms with van der Waals surface area (Å²) in [7, 11) is 0. The monoisotopic (exact) mass is 283 g/mol. The van der Waals surface area contributed by atoms with Crippen LogP contribution in [0.25, 0.3) is 0 Å². The van der Waals surface area contributed by atoms with Crippen LogP contribution in [0.1, 0.15) is 46.0 Å². The van der Waals surface area contributed by atoms with Crippen molar-refractivity contribution in [1.82, 2.24) is 4.90 Å². The fourth-order valence-corrected chi connectivity index (χ4v) is 2.17. The van der Waals surface area contributed by atoms with E-state index in [9.17, 15) is 14.7 Å². The fraction of sp³-hybridized carbons (Fsp3) is 0.733. The predicted octanol–water partition coefficient (Wildman–Crippen LogP) is 1.24. The summed E-state index contributed by atoms with van der Waals surface area (Å²) in [6.45, 7) is 3.86. The van der Waals surface area contributed by atoms with Crippen molar-refractivity contribution in [3.8, 4) is 0 Å². The van der Waals surface area contributed by atoms with E-state index in [4.69, 9.17) is 5.11 Å². The molecular weight excluding hydrogens is 258 g/mol. The molecule has 1 aliphatic rings. The average Bonchev–Trinajstić information content (AvgIpc) is 2.95. The molecule has 0 spiro atoms. The number of aliphatic hydroxyl groups excluding tert-OH is 2. The molecule has 0 aromatic rings. The molecule has 1 rings (SSSR count). The van der Waals surface area contributed by atoms with Gasteiger partial charge in [0, 0.05) is 19.2 Å². The fourth-order valence-electron chi connectivity index (χ4n) is 2.17. The quantitative estimate of drug-likeness (QED) is 0.519. The van der Waals surface area contributed by atoms with E-state index in [0.717, 1.165) is 6.42 Å². The number of hydrogen-bond donors (Lipinski definition) is 2. The first-order chi connectivity index (χ1) is 9.43. The Kier molecular flexibility index (Phi) is 6.88. The molecule has 0 aliphatic carbocycles. The van der Waals surface area contributed by atoms with Gasteiger partial charge < -0.3 is 15.1 Å². The molecule has 1 amide bonds. The lowest BCUT2D eigenvalue weighted by molar-refractivity contribution is -0.138. The summed E-state index contributed by atoms with van der Waals surface area (Å²) >= 11 is 0. The third kappa shape index (κ3) is 5.06. The van der Waals surface area contributed by atoms with Crippen LogP contribution in [0.15, 0.2) is 12.3 Å². The van der Waals surface area contributed by atoms with Gasteiger partial charge in [0.25, 0.3) is 0 Å². The minimum atomic E-state index is -0.742. The van der Waals surface area contributed by atoms with Gasteiger partial charge in [0.1, 0.15) is 5.78 Å². The number of carbonyl (C=O) groups excluding carboxylic acids is 2. The number of ketones is 1. The van der Waals surface area contributed by atoms with E-state index in [0.29, 0.717) is 32.2 Å². The molecule has 0 bridgehead atoms. The highest BCUT2D eigenvalue weighted by atomic mass is 16.3. The highest BCUT2D eigenvalue weighted by Gasteiger charge is 2.25. The number of amides is 1. The van der Waals surface area contributed by atoms with E-state index in [-0.39, 0.29) is 11.7 Å². The van der Waals surface area contributed by atoms with Crippen LogP contribution in [0.3, 0.4) is 0 Å². The number of Topliss-reactive ketones (excluding diaryl/α,β-unsaturated/α-hetero) is 1. The second-order valence-electron chi connectivity index (χ2n) is 5.45. The van der Waals surface area contributed by atoms with Gasteiger partial charge >= 0.3 is 0 Å². The van der Waals surface area contributed by atoms with Crippen LogP contribution in [0.4, 0.5) is 0 Å². The van der Waals surface area contributed by atoms with Gasteiger partial charge in [0.2, 0.25) is 5.91 Å². The second kappa shape index (κ2) is 8.17. The number of hydrogen-bond acceptors (Lipinski definition) is 4. The van der Waals surface area contributed by atoms with E-state index in [1.54, 1.807) is 24.9 Å². The highest BCUT2D eigenvalue weighted by molar-refractivity contribution is 6.01. The summed E-state index contributed by atoms with van der Waals surface area (Å²) in [5.41, 5.74) is 0. The van der Waals surface area contributed by atoms with E-state index >= 15 is 0 Å². The van der Waals surface area contributed by atoms with Crippen molar-refractivity contribution in [3.63, 3.8) is 0 Å². The average molecular weight is 283 g/mol. The Hall–Kier alpha value is -1.20. The van der Waals surface area contributed by atoms with Gasteiger partial charge in [-0.05, 0) is 33.1 Å². The molecule has 1 aliphatic heterocycles. The highest BCUT2D eigenvalue weighted by Crippen LogP contribution is 2.14. The largest absolute Gasteiger partial charge is 0.391 e. The molecule has 20 heavy (non-hydrogen) atoms. The lowest BCUT2D eigenvalue weighted by Gasteiger charge is -2.18. The molecule has 0 aromatic carbocycles. The Morgan fingerprint density at radius 1 is 1.25 bits per heavy atom. The van der Waals surface area contributed by atoms with Crippen LogP contribution < -0.4 is 0 Å². The van der Waals surface area contributed by atoms with E-state index in [1.807, 2.05) is 6.08 Å². The standard InChI is InChI=1S/C15H25NO4/c1-11(15(20)16-9-5-6-10-16)13(18)7-3-4-8-14(19)12(2)17/h5,9,11-12,14,17,19H,3-4,6-8,10H2,1-2H3/t11-,12+,14-/m1/s1. The summed E-state index contributed by atoms with van der Waals surface area (Å²) in [4.78, 5) is 25.5. The van der Waals surface area contributed by atoms with E-state index in [2.05, 4.69) is 0 Å². The maximum Gasteiger partial charge on any atom is 0.236 e. The van der Waals surface area contributed by atoms with Crippen molar-refractivity contribution in [2.75, 3.05) is 6.54 Å². The number of aliphatic hydroxyl groups is 2. The van der Waals surface area contributed by atoms with Crippen molar-refractivity contribution in [1.29, 1.82) is 0 Å². The molecule has 1 heterocycles. The Balaban J connectivity index is 2.24. The summed E-state index contributed by atoms with van der Waals surface area (Å²) in [5.74, 6) is -0.783. The van der Waals surface area contributed by atoms with Gasteiger partial charge in [-0.1, -0.05) is 12.5 Å².